The number of fused-ring (bicyclic) bond motifs is 1. The third kappa shape index (κ3) is 3.47. The molecule has 0 spiro atoms. The van der Waals surface area contributed by atoms with Gasteiger partial charge in [0.2, 0.25) is 0 Å². The first-order valence-corrected chi connectivity index (χ1v) is 9.40. The lowest BCUT2D eigenvalue weighted by molar-refractivity contribution is 1.02. The fraction of sp³-hybridized carbons (Fsp3) is 0.294. The summed E-state index contributed by atoms with van der Waals surface area (Å²) in [6.07, 6.45) is 3.10. The summed E-state index contributed by atoms with van der Waals surface area (Å²) in [5.41, 5.74) is 3.40. The Balaban J connectivity index is 1.73. The number of pyridine rings is 1. The van der Waals surface area contributed by atoms with Gasteiger partial charge in [0.15, 0.2) is 0 Å². The Morgan fingerprint density at radius 1 is 1.14 bits per heavy atom. The smallest absolute Gasteiger partial charge is 0.117 e. The van der Waals surface area contributed by atoms with Crippen molar-refractivity contribution in [1.82, 2.24) is 15.0 Å². The van der Waals surface area contributed by atoms with Crippen molar-refractivity contribution in [2.24, 2.45) is 0 Å². The zero-order chi connectivity index (χ0) is 15.4. The molecule has 0 saturated carbocycles. The van der Waals surface area contributed by atoms with Crippen LogP contribution >= 0.6 is 23.5 Å². The van der Waals surface area contributed by atoms with Crippen LogP contribution < -0.4 is 0 Å². The molecule has 2 aromatic heterocycles. The molecule has 0 amide bonds. The van der Waals surface area contributed by atoms with Crippen molar-refractivity contribution in [3.05, 3.63) is 47.9 Å². The maximum absolute atomic E-state index is 4.62. The highest BCUT2D eigenvalue weighted by Gasteiger charge is 2.08. The molecule has 0 aliphatic carbocycles. The standard InChI is InChI=1S/C17H19N3S2/c1-3-10-21-15-8-9-18-17(12(15)2)22-11-16-19-13-6-4-5-7-14(13)20-16/h4-9H,3,10-11H2,1-2H3,(H,19,20). The molecule has 22 heavy (non-hydrogen) atoms. The lowest BCUT2D eigenvalue weighted by Crippen LogP contribution is -1.91. The molecule has 3 rings (SSSR count). The fourth-order valence-corrected chi connectivity index (χ4v) is 4.06. The van der Waals surface area contributed by atoms with Gasteiger partial charge in [-0.3, -0.25) is 0 Å². The molecule has 3 aromatic rings. The van der Waals surface area contributed by atoms with Crippen LogP contribution in [0.4, 0.5) is 0 Å². The predicted octanol–water partition coefficient (Wildman–Crippen LogP) is 5.06. The molecule has 0 aliphatic heterocycles. The van der Waals surface area contributed by atoms with Gasteiger partial charge in [-0.2, -0.15) is 0 Å². The Morgan fingerprint density at radius 2 is 2.00 bits per heavy atom. The highest BCUT2D eigenvalue weighted by atomic mass is 32.2. The average molecular weight is 329 g/mol. The largest absolute Gasteiger partial charge is 0.341 e. The van der Waals surface area contributed by atoms with E-state index in [2.05, 4.69) is 40.9 Å². The van der Waals surface area contributed by atoms with E-state index in [1.54, 1.807) is 11.8 Å². The Bertz CT molecular complexity index is 734. The molecule has 2 heterocycles. The molecule has 3 nitrogen and oxygen atoms in total. The molecular formula is C17H19N3S2. The Labute approximate surface area is 139 Å². The van der Waals surface area contributed by atoms with Gasteiger partial charge in [-0.1, -0.05) is 30.8 Å². The van der Waals surface area contributed by atoms with Crippen molar-refractivity contribution in [1.29, 1.82) is 0 Å². The summed E-state index contributed by atoms with van der Waals surface area (Å²) in [5.74, 6) is 2.96. The molecule has 5 heteroatoms. The molecule has 114 valence electrons. The van der Waals surface area contributed by atoms with E-state index in [1.165, 1.54) is 16.9 Å². The topological polar surface area (TPSA) is 41.6 Å². The Hall–Kier alpha value is -1.46. The molecule has 1 aromatic carbocycles. The predicted molar refractivity (Wildman–Crippen MR) is 95.6 cm³/mol. The van der Waals surface area contributed by atoms with Gasteiger partial charge in [-0.15, -0.1) is 11.8 Å². The summed E-state index contributed by atoms with van der Waals surface area (Å²) < 4.78 is 0. The highest BCUT2D eigenvalue weighted by Crippen LogP contribution is 2.30. The van der Waals surface area contributed by atoms with Crippen LogP contribution in [0.3, 0.4) is 0 Å². The second-order valence-corrected chi connectivity index (χ2v) is 7.18. The minimum atomic E-state index is 0.810. The zero-order valence-electron chi connectivity index (χ0n) is 12.8. The number of nitrogens with zero attached hydrogens (tertiary/aromatic N) is 2. The molecule has 0 bridgehead atoms. The number of thioether (sulfide) groups is 2. The van der Waals surface area contributed by atoms with Crippen molar-refractivity contribution < 1.29 is 0 Å². The van der Waals surface area contributed by atoms with Crippen molar-refractivity contribution in [2.45, 2.75) is 35.9 Å². The van der Waals surface area contributed by atoms with Gasteiger partial charge in [0.05, 0.1) is 16.8 Å². The summed E-state index contributed by atoms with van der Waals surface area (Å²) in [7, 11) is 0. The molecule has 0 fully saturated rings. The van der Waals surface area contributed by atoms with E-state index in [0.29, 0.717) is 0 Å². The highest BCUT2D eigenvalue weighted by molar-refractivity contribution is 7.99. The van der Waals surface area contributed by atoms with Crippen LogP contribution in [0.25, 0.3) is 11.0 Å². The summed E-state index contributed by atoms with van der Waals surface area (Å²) in [6.45, 7) is 4.37. The molecule has 0 radical (unpaired) electrons. The number of H-pyrrole nitrogens is 1. The molecule has 0 unspecified atom stereocenters. The number of hydrogen-bond donors (Lipinski definition) is 1. The van der Waals surface area contributed by atoms with Crippen LogP contribution in [-0.2, 0) is 5.75 Å². The molecule has 0 atom stereocenters. The van der Waals surface area contributed by atoms with E-state index in [9.17, 15) is 0 Å². The van der Waals surface area contributed by atoms with Gasteiger partial charge < -0.3 is 4.98 Å². The van der Waals surface area contributed by atoms with Crippen molar-refractivity contribution in [3.63, 3.8) is 0 Å². The third-order valence-electron chi connectivity index (χ3n) is 3.35. The van der Waals surface area contributed by atoms with Crippen LogP contribution in [0.1, 0.15) is 24.7 Å². The SMILES string of the molecule is CCCSc1ccnc(SCc2nc3ccccc3[nH]2)c1C. The van der Waals surface area contributed by atoms with E-state index in [-0.39, 0.29) is 0 Å². The lowest BCUT2D eigenvalue weighted by Gasteiger charge is -2.08. The van der Waals surface area contributed by atoms with Gasteiger partial charge >= 0.3 is 0 Å². The summed E-state index contributed by atoms with van der Waals surface area (Å²) >= 11 is 3.65. The van der Waals surface area contributed by atoms with E-state index in [4.69, 9.17) is 0 Å². The minimum absolute atomic E-state index is 0.810. The summed E-state index contributed by atoms with van der Waals surface area (Å²) in [6, 6.07) is 10.2. The number of imidazole rings is 1. The maximum Gasteiger partial charge on any atom is 0.117 e. The Morgan fingerprint density at radius 3 is 2.82 bits per heavy atom. The Kier molecular flexibility index (Phi) is 5.05. The van der Waals surface area contributed by atoms with Crippen LogP contribution in [0.15, 0.2) is 46.5 Å². The zero-order valence-corrected chi connectivity index (χ0v) is 14.4. The molecule has 0 saturated heterocycles. The number of aromatic nitrogens is 3. The van der Waals surface area contributed by atoms with Crippen LogP contribution in [-0.4, -0.2) is 20.7 Å². The first-order chi connectivity index (χ1) is 10.8. The van der Waals surface area contributed by atoms with Gasteiger partial charge in [0, 0.05) is 11.1 Å². The number of benzene rings is 1. The van der Waals surface area contributed by atoms with Gasteiger partial charge in [0.25, 0.3) is 0 Å². The number of para-hydroxylation sites is 2. The van der Waals surface area contributed by atoms with Crippen LogP contribution in [0.5, 0.6) is 0 Å². The first kappa shape index (κ1) is 15.4. The summed E-state index contributed by atoms with van der Waals surface area (Å²) in [5, 5.41) is 1.10. The molecule has 1 N–H and O–H groups in total. The number of hydrogen-bond acceptors (Lipinski definition) is 4. The lowest BCUT2D eigenvalue weighted by atomic mass is 10.3. The van der Waals surface area contributed by atoms with Crippen molar-refractivity contribution in [2.75, 3.05) is 5.75 Å². The second kappa shape index (κ2) is 7.20. The second-order valence-electron chi connectivity index (χ2n) is 5.08. The monoisotopic (exact) mass is 329 g/mol. The van der Waals surface area contributed by atoms with E-state index in [1.807, 2.05) is 36.2 Å². The van der Waals surface area contributed by atoms with E-state index >= 15 is 0 Å². The van der Waals surface area contributed by atoms with Crippen LogP contribution in [0.2, 0.25) is 0 Å². The number of rotatable bonds is 6. The van der Waals surface area contributed by atoms with Crippen molar-refractivity contribution >= 4 is 34.6 Å². The van der Waals surface area contributed by atoms with E-state index < -0.39 is 0 Å². The fourth-order valence-electron chi connectivity index (χ4n) is 2.22. The normalized spacial score (nSPS) is 11.2. The maximum atomic E-state index is 4.62. The number of aromatic amines is 1. The third-order valence-corrected chi connectivity index (χ3v) is 5.82. The first-order valence-electron chi connectivity index (χ1n) is 7.42. The minimum Gasteiger partial charge on any atom is -0.341 e. The van der Waals surface area contributed by atoms with Gasteiger partial charge in [-0.05, 0) is 42.9 Å². The van der Waals surface area contributed by atoms with Gasteiger partial charge in [0.1, 0.15) is 10.9 Å². The van der Waals surface area contributed by atoms with Gasteiger partial charge in [-0.25, -0.2) is 9.97 Å². The van der Waals surface area contributed by atoms with E-state index in [0.717, 1.165) is 33.4 Å². The van der Waals surface area contributed by atoms with Crippen molar-refractivity contribution in [3.8, 4) is 0 Å². The molecule has 0 aliphatic rings. The molecular weight excluding hydrogens is 310 g/mol. The quantitative estimate of drug-likeness (QED) is 0.642. The average Bonchev–Trinajstić information content (AvgIpc) is 2.95. The van der Waals surface area contributed by atoms with Crippen LogP contribution in [0, 0.1) is 6.92 Å². The summed E-state index contributed by atoms with van der Waals surface area (Å²) in [4.78, 5) is 13.9. The number of nitrogens with one attached hydrogen (secondary N) is 1.